The Hall–Kier alpha value is -1.20. The van der Waals surface area contributed by atoms with Crippen LogP contribution in [0.5, 0.6) is 0 Å². The van der Waals surface area contributed by atoms with Gasteiger partial charge in [0.05, 0.1) is 6.54 Å². The highest BCUT2D eigenvalue weighted by molar-refractivity contribution is 6.00. The minimum Gasteiger partial charge on any atom is -0.340 e. The number of piperazine rings is 1. The van der Waals surface area contributed by atoms with E-state index in [0.29, 0.717) is 6.42 Å². The molecule has 1 saturated carbocycles. The van der Waals surface area contributed by atoms with Crippen LogP contribution in [-0.2, 0) is 9.59 Å². The number of alkyl halides is 2. The number of nitrogens with one attached hydrogen (secondary N) is 1. The Balaban J connectivity index is 2.25. The van der Waals surface area contributed by atoms with Crippen molar-refractivity contribution >= 4 is 11.8 Å². The highest BCUT2D eigenvalue weighted by Crippen LogP contribution is 2.42. The second-order valence-electron chi connectivity index (χ2n) is 6.46. The van der Waals surface area contributed by atoms with Crippen molar-refractivity contribution in [3.8, 4) is 0 Å². The van der Waals surface area contributed by atoms with Crippen LogP contribution in [-0.4, -0.2) is 41.3 Å². The second kappa shape index (κ2) is 5.30. The fraction of sp³-hybridized carbons (Fsp3) is 0.857. The second-order valence-corrected chi connectivity index (χ2v) is 6.46. The summed E-state index contributed by atoms with van der Waals surface area (Å²) in [6.45, 7) is 4.82. The van der Waals surface area contributed by atoms with Gasteiger partial charge in [-0.25, -0.2) is 8.78 Å². The molecule has 114 valence electrons. The Bertz CT molecular complexity index is 410. The normalized spacial score (nSPS) is 31.1. The number of carbonyl (C=O) groups excluding carboxylic acids is 2. The van der Waals surface area contributed by atoms with Crippen molar-refractivity contribution in [3.05, 3.63) is 0 Å². The third kappa shape index (κ3) is 2.79. The van der Waals surface area contributed by atoms with E-state index in [-0.39, 0.29) is 23.7 Å². The number of hydrogen-bond acceptors (Lipinski definition) is 2. The first-order valence-electron chi connectivity index (χ1n) is 7.17. The highest BCUT2D eigenvalue weighted by Gasteiger charge is 2.55. The smallest absolute Gasteiger partial charge is 0.255 e. The fourth-order valence-corrected chi connectivity index (χ4v) is 2.95. The number of nitrogens with zero attached hydrogens (tertiary/aromatic N) is 1. The van der Waals surface area contributed by atoms with Gasteiger partial charge in [-0.3, -0.25) is 9.59 Å². The molecule has 20 heavy (non-hydrogen) atoms. The van der Waals surface area contributed by atoms with Crippen molar-refractivity contribution < 1.29 is 18.4 Å². The van der Waals surface area contributed by atoms with Crippen molar-refractivity contribution in [3.63, 3.8) is 0 Å². The van der Waals surface area contributed by atoms with Crippen LogP contribution in [0, 0.1) is 11.8 Å². The van der Waals surface area contributed by atoms with Gasteiger partial charge in [0, 0.05) is 0 Å². The van der Waals surface area contributed by atoms with Crippen LogP contribution in [0.15, 0.2) is 0 Å². The van der Waals surface area contributed by atoms with Crippen molar-refractivity contribution in [2.24, 2.45) is 11.8 Å². The van der Waals surface area contributed by atoms with E-state index in [1.54, 1.807) is 6.92 Å². The molecule has 1 aliphatic carbocycles. The zero-order chi connectivity index (χ0) is 15.1. The van der Waals surface area contributed by atoms with E-state index in [1.807, 2.05) is 13.8 Å². The Morgan fingerprint density at radius 1 is 1.35 bits per heavy atom. The summed E-state index contributed by atoms with van der Waals surface area (Å²) in [5, 5.41) is 2.79. The molecule has 2 fully saturated rings. The first-order chi connectivity index (χ1) is 9.25. The highest BCUT2D eigenvalue weighted by atomic mass is 19.3. The molecule has 4 nitrogen and oxygen atoms in total. The molecule has 2 unspecified atom stereocenters. The largest absolute Gasteiger partial charge is 0.340 e. The lowest BCUT2D eigenvalue weighted by atomic mass is 9.87. The molecule has 0 spiro atoms. The standard InChI is InChI=1S/C14H22F2N2O2/c1-8(2)6-10-12(19)17-14(3,9-4-5-9)13(20)18(10)7-11(15)16/h8-11H,4-7H2,1-3H3,(H,17,19). The number of hydrogen-bond donors (Lipinski definition) is 1. The van der Waals surface area contributed by atoms with Crippen LogP contribution >= 0.6 is 0 Å². The van der Waals surface area contributed by atoms with E-state index < -0.39 is 24.6 Å². The summed E-state index contributed by atoms with van der Waals surface area (Å²) in [7, 11) is 0. The summed E-state index contributed by atoms with van der Waals surface area (Å²) in [5.41, 5.74) is -1.00. The van der Waals surface area contributed by atoms with Gasteiger partial charge in [0.2, 0.25) is 11.8 Å². The molecule has 1 saturated heterocycles. The Morgan fingerprint density at radius 2 is 1.95 bits per heavy atom. The fourth-order valence-electron chi connectivity index (χ4n) is 2.95. The molecule has 2 atom stereocenters. The SMILES string of the molecule is CC(C)CC1C(=O)NC(C)(C2CC2)C(=O)N1CC(F)F. The van der Waals surface area contributed by atoms with Crippen LogP contribution < -0.4 is 5.32 Å². The van der Waals surface area contributed by atoms with E-state index in [0.717, 1.165) is 17.7 Å². The minimum absolute atomic E-state index is 0.0825. The predicted molar refractivity (Wildman–Crippen MR) is 70.2 cm³/mol. The third-order valence-electron chi connectivity index (χ3n) is 4.19. The predicted octanol–water partition coefficient (Wildman–Crippen LogP) is 1.79. The van der Waals surface area contributed by atoms with Gasteiger partial charge >= 0.3 is 0 Å². The number of amides is 2. The van der Waals surface area contributed by atoms with Crippen LogP contribution in [0.25, 0.3) is 0 Å². The van der Waals surface area contributed by atoms with Crippen molar-refractivity contribution in [2.45, 2.75) is 58.0 Å². The Kier molecular flexibility index (Phi) is 4.02. The van der Waals surface area contributed by atoms with Gasteiger partial charge < -0.3 is 10.2 Å². The monoisotopic (exact) mass is 288 g/mol. The molecule has 1 N–H and O–H groups in total. The summed E-state index contributed by atoms with van der Waals surface area (Å²) in [6.07, 6.45) is -0.492. The first-order valence-corrected chi connectivity index (χ1v) is 7.17. The van der Waals surface area contributed by atoms with Crippen LogP contribution in [0.4, 0.5) is 8.78 Å². The minimum atomic E-state index is -2.62. The maximum absolute atomic E-state index is 12.8. The van der Waals surface area contributed by atoms with Crippen LogP contribution in [0.1, 0.15) is 40.0 Å². The number of rotatable bonds is 5. The summed E-state index contributed by atoms with van der Waals surface area (Å²) >= 11 is 0. The molecule has 1 aliphatic heterocycles. The lowest BCUT2D eigenvalue weighted by Gasteiger charge is -2.45. The molecule has 0 aromatic heterocycles. The summed E-state index contributed by atoms with van der Waals surface area (Å²) in [6, 6.07) is -0.775. The molecular formula is C14H22F2N2O2. The molecule has 0 radical (unpaired) electrons. The average Bonchev–Trinajstić information content (AvgIpc) is 3.14. The molecule has 0 aromatic rings. The average molecular weight is 288 g/mol. The van der Waals surface area contributed by atoms with E-state index >= 15 is 0 Å². The molecular weight excluding hydrogens is 266 g/mol. The maximum atomic E-state index is 12.8. The van der Waals surface area contributed by atoms with Gasteiger partial charge in [-0.1, -0.05) is 13.8 Å². The molecule has 6 heteroatoms. The van der Waals surface area contributed by atoms with Gasteiger partial charge in [-0.05, 0) is 38.0 Å². The molecule has 2 rings (SSSR count). The molecule has 2 amide bonds. The Labute approximate surface area is 117 Å². The molecule has 0 bridgehead atoms. The van der Waals surface area contributed by atoms with E-state index in [1.165, 1.54) is 0 Å². The quantitative estimate of drug-likeness (QED) is 0.838. The van der Waals surface area contributed by atoms with Gasteiger partial charge in [0.15, 0.2) is 0 Å². The lowest BCUT2D eigenvalue weighted by molar-refractivity contribution is -0.158. The maximum Gasteiger partial charge on any atom is 0.255 e. The third-order valence-corrected chi connectivity index (χ3v) is 4.19. The molecule has 2 aliphatic rings. The van der Waals surface area contributed by atoms with E-state index in [2.05, 4.69) is 5.32 Å². The summed E-state index contributed by atoms with van der Waals surface area (Å²) < 4.78 is 25.5. The zero-order valence-corrected chi connectivity index (χ0v) is 12.2. The van der Waals surface area contributed by atoms with Crippen molar-refractivity contribution in [1.82, 2.24) is 10.2 Å². The zero-order valence-electron chi connectivity index (χ0n) is 12.2. The van der Waals surface area contributed by atoms with Gasteiger partial charge in [0.1, 0.15) is 11.6 Å². The van der Waals surface area contributed by atoms with E-state index in [9.17, 15) is 18.4 Å². The first kappa shape index (κ1) is 15.2. The summed E-state index contributed by atoms with van der Waals surface area (Å²) in [5.74, 6) is -0.415. The Morgan fingerprint density at radius 3 is 2.40 bits per heavy atom. The molecule has 0 aromatic carbocycles. The number of carbonyl (C=O) groups is 2. The topological polar surface area (TPSA) is 49.4 Å². The van der Waals surface area contributed by atoms with Gasteiger partial charge in [-0.2, -0.15) is 0 Å². The number of halogens is 2. The van der Waals surface area contributed by atoms with Crippen molar-refractivity contribution in [2.75, 3.05) is 6.54 Å². The van der Waals surface area contributed by atoms with Gasteiger partial charge in [-0.15, -0.1) is 0 Å². The lowest BCUT2D eigenvalue weighted by Crippen LogP contribution is -2.70. The van der Waals surface area contributed by atoms with Crippen LogP contribution in [0.3, 0.4) is 0 Å². The van der Waals surface area contributed by atoms with E-state index in [4.69, 9.17) is 0 Å². The van der Waals surface area contributed by atoms with Gasteiger partial charge in [0.25, 0.3) is 6.43 Å². The van der Waals surface area contributed by atoms with Crippen molar-refractivity contribution in [1.29, 1.82) is 0 Å². The van der Waals surface area contributed by atoms with Crippen LogP contribution in [0.2, 0.25) is 0 Å². The summed E-state index contributed by atoms with van der Waals surface area (Å²) in [4.78, 5) is 25.9. The molecule has 1 heterocycles.